The number of para-hydroxylation sites is 1. The molecule has 0 saturated heterocycles. The van der Waals surface area contributed by atoms with Crippen molar-refractivity contribution in [2.75, 3.05) is 0 Å². The molecule has 0 heterocycles. The van der Waals surface area contributed by atoms with Crippen LogP contribution in [0.4, 0.5) is 5.69 Å². The minimum absolute atomic E-state index is 0.114. The van der Waals surface area contributed by atoms with Crippen molar-refractivity contribution in [3.63, 3.8) is 0 Å². The van der Waals surface area contributed by atoms with Crippen molar-refractivity contribution in [2.45, 2.75) is 38.0 Å². The molecule has 0 unspecified atom stereocenters. The summed E-state index contributed by atoms with van der Waals surface area (Å²) in [6.07, 6.45) is 3.21. The van der Waals surface area contributed by atoms with E-state index in [0.717, 1.165) is 19.3 Å². The summed E-state index contributed by atoms with van der Waals surface area (Å²) in [4.78, 5) is 10.3. The Labute approximate surface area is 118 Å². The van der Waals surface area contributed by atoms with Gasteiger partial charge in [-0.05, 0) is 25.7 Å². The Bertz CT molecular complexity index is 596. The fourth-order valence-electron chi connectivity index (χ4n) is 2.38. The smallest absolute Gasteiger partial charge is 0.258 e. The quantitative estimate of drug-likeness (QED) is 0.644. The van der Waals surface area contributed by atoms with E-state index in [-0.39, 0.29) is 23.0 Å². The van der Waals surface area contributed by atoms with Crippen LogP contribution in [0.1, 0.15) is 31.7 Å². The van der Waals surface area contributed by atoms with Crippen LogP contribution in [0.15, 0.2) is 24.3 Å². The molecular formula is C13H18N2O4S. The fourth-order valence-corrected chi connectivity index (χ4v) is 3.87. The number of nitro benzene ring substituents is 1. The van der Waals surface area contributed by atoms with Crippen LogP contribution >= 0.6 is 0 Å². The van der Waals surface area contributed by atoms with Gasteiger partial charge in [0.15, 0.2) is 0 Å². The zero-order valence-corrected chi connectivity index (χ0v) is 12.1. The van der Waals surface area contributed by atoms with Crippen molar-refractivity contribution in [1.29, 1.82) is 0 Å². The van der Waals surface area contributed by atoms with E-state index in [2.05, 4.69) is 4.72 Å². The van der Waals surface area contributed by atoms with E-state index < -0.39 is 14.9 Å². The van der Waals surface area contributed by atoms with Crippen molar-refractivity contribution < 1.29 is 13.3 Å². The first-order valence-electron chi connectivity index (χ1n) is 6.61. The van der Waals surface area contributed by atoms with Gasteiger partial charge in [-0.3, -0.25) is 10.1 Å². The monoisotopic (exact) mass is 298 g/mol. The molecule has 2 rings (SSSR count). The molecule has 1 N–H and O–H groups in total. The number of sulfonamides is 1. The van der Waals surface area contributed by atoms with Gasteiger partial charge in [-0.2, -0.15) is 0 Å². The van der Waals surface area contributed by atoms with Gasteiger partial charge in [0.2, 0.25) is 10.0 Å². The first kappa shape index (κ1) is 14.9. The van der Waals surface area contributed by atoms with E-state index in [0.29, 0.717) is 5.92 Å². The maximum absolute atomic E-state index is 12.1. The number of nitrogens with zero attached hydrogens (tertiary/aromatic N) is 1. The summed E-state index contributed by atoms with van der Waals surface area (Å²) in [7, 11) is -3.57. The number of nitro groups is 1. The third-order valence-electron chi connectivity index (χ3n) is 3.76. The first-order chi connectivity index (χ1) is 9.39. The van der Waals surface area contributed by atoms with E-state index in [1.54, 1.807) is 6.07 Å². The van der Waals surface area contributed by atoms with E-state index in [1.807, 2.05) is 6.92 Å². The van der Waals surface area contributed by atoms with Gasteiger partial charge in [0, 0.05) is 17.7 Å². The minimum atomic E-state index is -3.57. The Kier molecular flexibility index (Phi) is 4.39. The first-order valence-corrected chi connectivity index (χ1v) is 8.26. The summed E-state index contributed by atoms with van der Waals surface area (Å²) in [5, 5.41) is 10.9. The molecule has 0 amide bonds. The van der Waals surface area contributed by atoms with Gasteiger partial charge in [-0.15, -0.1) is 0 Å². The SMILES string of the molecule is C[C@@H](NS(=O)(=O)Cc1ccccc1[N+](=O)[O-])C1CCC1. The molecule has 1 atom stereocenters. The summed E-state index contributed by atoms with van der Waals surface area (Å²) in [6, 6.07) is 5.81. The van der Waals surface area contributed by atoms with Gasteiger partial charge < -0.3 is 0 Å². The normalized spacial score (nSPS) is 17.4. The molecule has 1 aromatic carbocycles. The summed E-state index contributed by atoms with van der Waals surface area (Å²) in [6.45, 7) is 1.85. The van der Waals surface area contributed by atoms with Crippen LogP contribution in [0.2, 0.25) is 0 Å². The lowest BCUT2D eigenvalue weighted by molar-refractivity contribution is -0.385. The Morgan fingerprint density at radius 3 is 2.60 bits per heavy atom. The Hall–Kier alpha value is -1.47. The van der Waals surface area contributed by atoms with Gasteiger partial charge in [-0.1, -0.05) is 24.6 Å². The predicted octanol–water partition coefficient (Wildman–Crippen LogP) is 2.20. The number of nitrogens with one attached hydrogen (secondary N) is 1. The van der Waals surface area contributed by atoms with Gasteiger partial charge >= 0.3 is 0 Å². The molecule has 1 saturated carbocycles. The number of rotatable bonds is 6. The van der Waals surface area contributed by atoms with Crippen molar-refractivity contribution >= 4 is 15.7 Å². The van der Waals surface area contributed by atoms with Crippen molar-refractivity contribution in [3.05, 3.63) is 39.9 Å². The third kappa shape index (κ3) is 3.55. The summed E-state index contributed by atoms with van der Waals surface area (Å²) >= 11 is 0. The highest BCUT2D eigenvalue weighted by molar-refractivity contribution is 7.88. The highest BCUT2D eigenvalue weighted by Crippen LogP contribution is 2.30. The Balaban J connectivity index is 2.09. The topological polar surface area (TPSA) is 89.3 Å². The van der Waals surface area contributed by atoms with E-state index in [1.165, 1.54) is 18.2 Å². The van der Waals surface area contributed by atoms with Crippen LogP contribution in [0.3, 0.4) is 0 Å². The highest BCUT2D eigenvalue weighted by Gasteiger charge is 2.28. The summed E-state index contributed by atoms with van der Waals surface area (Å²) in [5.74, 6) is 0.0248. The van der Waals surface area contributed by atoms with Crippen LogP contribution < -0.4 is 4.72 Å². The number of hydrogen-bond acceptors (Lipinski definition) is 4. The molecule has 1 aliphatic rings. The maximum atomic E-state index is 12.1. The molecule has 6 nitrogen and oxygen atoms in total. The Morgan fingerprint density at radius 1 is 1.40 bits per heavy atom. The molecule has 1 aliphatic carbocycles. The van der Waals surface area contributed by atoms with Crippen molar-refractivity contribution in [2.24, 2.45) is 5.92 Å². The van der Waals surface area contributed by atoms with Crippen LogP contribution in [-0.4, -0.2) is 19.4 Å². The maximum Gasteiger partial charge on any atom is 0.273 e. The summed E-state index contributed by atoms with van der Waals surface area (Å²) in [5.41, 5.74) is 0.0555. The third-order valence-corrected chi connectivity index (χ3v) is 5.18. The highest BCUT2D eigenvalue weighted by atomic mass is 32.2. The van der Waals surface area contributed by atoms with Crippen LogP contribution in [0.5, 0.6) is 0 Å². The van der Waals surface area contributed by atoms with Crippen LogP contribution in [0.25, 0.3) is 0 Å². The standard InChI is InChI=1S/C13H18N2O4S/c1-10(11-6-4-7-11)14-20(18,19)9-12-5-2-3-8-13(12)15(16)17/h2-3,5,8,10-11,14H,4,6-7,9H2,1H3/t10-/m1/s1. The average Bonchev–Trinajstić information content (AvgIpc) is 2.25. The largest absolute Gasteiger partial charge is 0.273 e. The molecule has 1 aromatic rings. The second kappa shape index (κ2) is 5.88. The van der Waals surface area contributed by atoms with Crippen molar-refractivity contribution in [3.8, 4) is 0 Å². The second-order valence-electron chi connectivity index (χ2n) is 5.24. The number of benzene rings is 1. The lowest BCUT2D eigenvalue weighted by Crippen LogP contribution is -2.41. The molecular weight excluding hydrogens is 280 g/mol. The fraction of sp³-hybridized carbons (Fsp3) is 0.538. The summed E-state index contributed by atoms with van der Waals surface area (Å²) < 4.78 is 26.8. The van der Waals surface area contributed by atoms with Gasteiger partial charge in [-0.25, -0.2) is 13.1 Å². The lowest BCUT2D eigenvalue weighted by Gasteiger charge is -2.31. The van der Waals surface area contributed by atoms with Gasteiger partial charge in [0.25, 0.3) is 5.69 Å². The molecule has 0 aliphatic heterocycles. The molecule has 0 aromatic heterocycles. The molecule has 20 heavy (non-hydrogen) atoms. The minimum Gasteiger partial charge on any atom is -0.258 e. The zero-order valence-electron chi connectivity index (χ0n) is 11.3. The number of hydrogen-bond donors (Lipinski definition) is 1. The van der Waals surface area contributed by atoms with Crippen molar-refractivity contribution in [1.82, 2.24) is 4.72 Å². The average molecular weight is 298 g/mol. The molecule has 0 radical (unpaired) electrons. The predicted molar refractivity (Wildman–Crippen MR) is 75.7 cm³/mol. The second-order valence-corrected chi connectivity index (χ2v) is 7.00. The van der Waals surface area contributed by atoms with Crippen LogP contribution in [0, 0.1) is 16.0 Å². The van der Waals surface area contributed by atoms with E-state index >= 15 is 0 Å². The lowest BCUT2D eigenvalue weighted by atomic mass is 9.81. The van der Waals surface area contributed by atoms with Gasteiger partial charge in [0.05, 0.1) is 10.7 Å². The van der Waals surface area contributed by atoms with Gasteiger partial charge in [0.1, 0.15) is 0 Å². The molecule has 7 heteroatoms. The molecule has 0 spiro atoms. The molecule has 1 fully saturated rings. The molecule has 110 valence electrons. The van der Waals surface area contributed by atoms with Crippen LogP contribution in [-0.2, 0) is 15.8 Å². The van der Waals surface area contributed by atoms with E-state index in [4.69, 9.17) is 0 Å². The van der Waals surface area contributed by atoms with E-state index in [9.17, 15) is 18.5 Å². The zero-order chi connectivity index (χ0) is 14.8. The molecule has 0 bridgehead atoms. The Morgan fingerprint density at radius 2 is 2.05 bits per heavy atom.